The molecular weight excluding hydrogens is 491 g/mol. The van der Waals surface area contributed by atoms with Crippen molar-refractivity contribution in [3.05, 3.63) is 62.5 Å². The smallest absolute Gasteiger partial charge is 0.261 e. The van der Waals surface area contributed by atoms with E-state index in [1.165, 1.54) is 4.90 Å². The SMILES string of the molecule is CC(C)CNC(=O)[C@H](C)N(Cc1ccccc1Cl)C(=O)COc1ccc(Br)cc1Cl. The topological polar surface area (TPSA) is 58.6 Å². The lowest BCUT2D eigenvalue weighted by molar-refractivity contribution is -0.142. The van der Waals surface area contributed by atoms with Crippen molar-refractivity contribution in [2.45, 2.75) is 33.4 Å². The largest absolute Gasteiger partial charge is 0.482 e. The number of nitrogens with one attached hydrogen (secondary N) is 1. The van der Waals surface area contributed by atoms with Gasteiger partial charge in [-0.2, -0.15) is 0 Å². The van der Waals surface area contributed by atoms with E-state index in [0.29, 0.717) is 28.3 Å². The predicted octanol–water partition coefficient (Wildman–Crippen LogP) is 5.32. The third kappa shape index (κ3) is 7.18. The van der Waals surface area contributed by atoms with Crippen LogP contribution in [0.25, 0.3) is 0 Å². The lowest BCUT2D eigenvalue weighted by Gasteiger charge is -2.29. The molecule has 0 aliphatic heterocycles. The molecule has 0 saturated carbocycles. The summed E-state index contributed by atoms with van der Waals surface area (Å²) in [5.74, 6) is 0.117. The summed E-state index contributed by atoms with van der Waals surface area (Å²) in [5, 5.41) is 3.79. The molecule has 0 spiro atoms. The summed E-state index contributed by atoms with van der Waals surface area (Å²) < 4.78 is 6.43. The zero-order chi connectivity index (χ0) is 22.3. The van der Waals surface area contributed by atoms with Gasteiger partial charge in [-0.1, -0.05) is 71.2 Å². The van der Waals surface area contributed by atoms with Crippen molar-refractivity contribution in [1.29, 1.82) is 0 Å². The molecule has 5 nitrogen and oxygen atoms in total. The molecule has 1 atom stereocenters. The molecule has 0 fully saturated rings. The number of ether oxygens (including phenoxy) is 1. The summed E-state index contributed by atoms with van der Waals surface area (Å²) >= 11 is 15.8. The lowest BCUT2D eigenvalue weighted by Crippen LogP contribution is -2.49. The van der Waals surface area contributed by atoms with E-state index in [0.717, 1.165) is 10.0 Å². The van der Waals surface area contributed by atoms with Gasteiger partial charge in [-0.25, -0.2) is 0 Å². The van der Waals surface area contributed by atoms with Gasteiger partial charge in [0.15, 0.2) is 6.61 Å². The number of benzene rings is 2. The number of nitrogens with zero attached hydrogens (tertiary/aromatic N) is 1. The second-order valence-electron chi connectivity index (χ2n) is 7.29. The van der Waals surface area contributed by atoms with Crippen LogP contribution in [0.2, 0.25) is 10.0 Å². The van der Waals surface area contributed by atoms with Crippen molar-refractivity contribution in [3.63, 3.8) is 0 Å². The minimum Gasteiger partial charge on any atom is -0.482 e. The van der Waals surface area contributed by atoms with Gasteiger partial charge < -0.3 is 15.0 Å². The number of hydrogen-bond acceptors (Lipinski definition) is 3. The van der Waals surface area contributed by atoms with Crippen molar-refractivity contribution in [3.8, 4) is 5.75 Å². The highest BCUT2D eigenvalue weighted by Gasteiger charge is 2.27. The van der Waals surface area contributed by atoms with Crippen LogP contribution >= 0.6 is 39.1 Å². The first-order chi connectivity index (χ1) is 14.2. The zero-order valence-electron chi connectivity index (χ0n) is 17.1. The van der Waals surface area contributed by atoms with Gasteiger partial charge in [-0.3, -0.25) is 9.59 Å². The first-order valence-electron chi connectivity index (χ1n) is 9.57. The molecule has 2 aromatic carbocycles. The molecule has 2 rings (SSSR count). The van der Waals surface area contributed by atoms with E-state index < -0.39 is 6.04 Å². The average Bonchev–Trinajstić information content (AvgIpc) is 2.70. The van der Waals surface area contributed by atoms with Crippen molar-refractivity contribution >= 4 is 50.9 Å². The van der Waals surface area contributed by atoms with Crippen LogP contribution in [0.5, 0.6) is 5.75 Å². The second-order valence-corrected chi connectivity index (χ2v) is 9.02. The predicted molar refractivity (Wildman–Crippen MR) is 124 cm³/mol. The number of carbonyl (C=O) groups excluding carboxylic acids is 2. The average molecular weight is 516 g/mol. The van der Waals surface area contributed by atoms with Gasteiger partial charge in [-0.15, -0.1) is 0 Å². The maximum atomic E-state index is 13.0. The number of halogens is 3. The van der Waals surface area contributed by atoms with Crippen molar-refractivity contribution in [1.82, 2.24) is 10.2 Å². The molecule has 0 aliphatic carbocycles. The minimum atomic E-state index is -0.698. The summed E-state index contributed by atoms with van der Waals surface area (Å²) in [4.78, 5) is 27.1. The summed E-state index contributed by atoms with van der Waals surface area (Å²) in [6.07, 6.45) is 0. The molecule has 0 saturated heterocycles. The van der Waals surface area contributed by atoms with Gasteiger partial charge in [0.1, 0.15) is 11.8 Å². The third-order valence-corrected chi connectivity index (χ3v) is 5.55. The summed E-state index contributed by atoms with van der Waals surface area (Å²) in [6.45, 7) is 6.17. The number of carbonyl (C=O) groups is 2. The highest BCUT2D eigenvalue weighted by atomic mass is 79.9. The molecule has 0 unspecified atom stereocenters. The molecule has 2 amide bonds. The monoisotopic (exact) mass is 514 g/mol. The fourth-order valence-electron chi connectivity index (χ4n) is 2.66. The van der Waals surface area contributed by atoms with Crippen LogP contribution in [0.1, 0.15) is 26.3 Å². The van der Waals surface area contributed by atoms with Gasteiger partial charge in [0.2, 0.25) is 5.91 Å². The standard InChI is InChI=1S/C22H25BrCl2N2O3/c1-14(2)11-26-22(29)15(3)27(12-16-6-4-5-7-18(16)24)21(28)13-30-20-9-8-17(23)10-19(20)25/h4-10,14-15H,11-13H2,1-3H3,(H,26,29)/t15-/m0/s1. The summed E-state index contributed by atoms with van der Waals surface area (Å²) in [5.41, 5.74) is 0.748. The maximum absolute atomic E-state index is 13.0. The Hall–Kier alpha value is -1.76. The van der Waals surface area contributed by atoms with E-state index in [1.54, 1.807) is 31.2 Å². The second kappa shape index (κ2) is 11.6. The van der Waals surface area contributed by atoms with Crippen LogP contribution in [0, 0.1) is 5.92 Å². The van der Waals surface area contributed by atoms with Crippen LogP contribution in [0.3, 0.4) is 0 Å². The quantitative estimate of drug-likeness (QED) is 0.491. The van der Waals surface area contributed by atoms with Crippen LogP contribution in [-0.2, 0) is 16.1 Å². The fraction of sp³-hybridized carbons (Fsp3) is 0.364. The third-order valence-electron chi connectivity index (χ3n) is 4.40. The molecule has 0 bridgehead atoms. The zero-order valence-corrected chi connectivity index (χ0v) is 20.2. The molecule has 30 heavy (non-hydrogen) atoms. The van der Waals surface area contributed by atoms with Crippen molar-refractivity contribution in [2.75, 3.05) is 13.2 Å². The molecule has 1 N–H and O–H groups in total. The van der Waals surface area contributed by atoms with E-state index in [-0.39, 0.29) is 25.0 Å². The van der Waals surface area contributed by atoms with Crippen LogP contribution in [0.4, 0.5) is 0 Å². The van der Waals surface area contributed by atoms with E-state index in [4.69, 9.17) is 27.9 Å². The molecule has 0 aliphatic rings. The van der Waals surface area contributed by atoms with Gasteiger partial charge in [0, 0.05) is 22.6 Å². The molecule has 0 radical (unpaired) electrons. The number of rotatable bonds is 9. The molecule has 8 heteroatoms. The van der Waals surface area contributed by atoms with Gasteiger partial charge in [0.25, 0.3) is 5.91 Å². The Morgan fingerprint density at radius 2 is 1.80 bits per heavy atom. The summed E-state index contributed by atoms with van der Waals surface area (Å²) in [6, 6.07) is 11.7. The minimum absolute atomic E-state index is 0.187. The molecule has 0 aromatic heterocycles. The van der Waals surface area contributed by atoms with Crippen molar-refractivity contribution < 1.29 is 14.3 Å². The molecule has 162 valence electrons. The van der Waals surface area contributed by atoms with Crippen LogP contribution < -0.4 is 10.1 Å². The van der Waals surface area contributed by atoms with Gasteiger partial charge >= 0.3 is 0 Å². The van der Waals surface area contributed by atoms with E-state index in [9.17, 15) is 9.59 Å². The number of amides is 2. The molecule has 2 aromatic rings. The Kier molecular flexibility index (Phi) is 9.46. The first kappa shape index (κ1) is 24.5. The summed E-state index contributed by atoms with van der Waals surface area (Å²) in [7, 11) is 0. The maximum Gasteiger partial charge on any atom is 0.261 e. The Morgan fingerprint density at radius 3 is 2.43 bits per heavy atom. The van der Waals surface area contributed by atoms with E-state index in [2.05, 4.69) is 21.2 Å². The van der Waals surface area contributed by atoms with Crippen molar-refractivity contribution in [2.24, 2.45) is 5.92 Å². The lowest BCUT2D eigenvalue weighted by atomic mass is 10.1. The molecule has 0 heterocycles. The Bertz CT molecular complexity index is 892. The van der Waals surface area contributed by atoms with Gasteiger partial charge in [0.05, 0.1) is 5.02 Å². The van der Waals surface area contributed by atoms with E-state index in [1.807, 2.05) is 32.0 Å². The van der Waals surface area contributed by atoms with E-state index >= 15 is 0 Å². The highest BCUT2D eigenvalue weighted by Crippen LogP contribution is 2.28. The van der Waals surface area contributed by atoms with Gasteiger partial charge in [-0.05, 0) is 42.7 Å². The molecular formula is C22H25BrCl2N2O3. The van der Waals surface area contributed by atoms with Crippen LogP contribution in [0.15, 0.2) is 46.9 Å². The normalized spacial score (nSPS) is 11.8. The number of hydrogen-bond donors (Lipinski definition) is 1. The fourth-order valence-corrected chi connectivity index (χ4v) is 3.58. The Labute approximate surface area is 195 Å². The Balaban J connectivity index is 2.17. The first-order valence-corrected chi connectivity index (χ1v) is 11.1. The Morgan fingerprint density at radius 1 is 1.10 bits per heavy atom. The van der Waals surface area contributed by atoms with Crippen LogP contribution in [-0.4, -0.2) is 35.9 Å². The highest BCUT2D eigenvalue weighted by molar-refractivity contribution is 9.10.